The lowest BCUT2D eigenvalue weighted by molar-refractivity contribution is -0.135. The Labute approximate surface area is 165 Å². The van der Waals surface area contributed by atoms with E-state index in [2.05, 4.69) is 9.97 Å². The van der Waals surface area contributed by atoms with Crippen LogP contribution in [0.5, 0.6) is 0 Å². The van der Waals surface area contributed by atoms with Crippen molar-refractivity contribution in [1.82, 2.24) is 19.2 Å². The molecule has 28 heavy (non-hydrogen) atoms. The van der Waals surface area contributed by atoms with Gasteiger partial charge in [-0.2, -0.15) is 4.31 Å². The third kappa shape index (κ3) is 3.87. The molecule has 1 aromatic heterocycles. The fourth-order valence-electron chi connectivity index (χ4n) is 4.69. The van der Waals surface area contributed by atoms with Crippen molar-refractivity contribution in [1.29, 1.82) is 0 Å². The second kappa shape index (κ2) is 7.59. The van der Waals surface area contributed by atoms with Crippen LogP contribution in [-0.4, -0.2) is 59.4 Å². The Morgan fingerprint density at radius 3 is 2.61 bits per heavy atom. The van der Waals surface area contributed by atoms with Crippen LogP contribution in [0.15, 0.2) is 4.79 Å². The molecule has 1 amide bonds. The van der Waals surface area contributed by atoms with E-state index in [-0.39, 0.29) is 29.8 Å². The Bertz CT molecular complexity index is 920. The van der Waals surface area contributed by atoms with E-state index in [0.717, 1.165) is 38.4 Å². The second-order valence-electron chi connectivity index (χ2n) is 8.33. The number of rotatable bonds is 3. The molecule has 1 aliphatic carbocycles. The van der Waals surface area contributed by atoms with E-state index in [4.69, 9.17) is 0 Å². The van der Waals surface area contributed by atoms with Crippen molar-refractivity contribution in [2.75, 3.05) is 25.9 Å². The first-order chi connectivity index (χ1) is 13.3. The van der Waals surface area contributed by atoms with Gasteiger partial charge >= 0.3 is 0 Å². The van der Waals surface area contributed by atoms with E-state index in [1.165, 1.54) is 10.7 Å². The molecule has 1 aromatic rings. The van der Waals surface area contributed by atoms with E-state index in [0.29, 0.717) is 43.1 Å². The SMILES string of the molecule is CS(=O)(=O)N1CCc2nc(C3CCN(C(=O)C4CCCCC4)C3)[nH]c(=O)c2C1. The number of H-pyrrole nitrogens is 1. The van der Waals surface area contributed by atoms with Gasteiger partial charge in [0, 0.05) is 44.4 Å². The number of nitrogens with one attached hydrogen (secondary N) is 1. The maximum atomic E-state index is 12.8. The second-order valence-corrected chi connectivity index (χ2v) is 10.3. The molecule has 3 aliphatic rings. The number of fused-ring (bicyclic) bond motifs is 1. The third-order valence-electron chi connectivity index (χ3n) is 6.36. The topological polar surface area (TPSA) is 103 Å². The zero-order valence-electron chi connectivity index (χ0n) is 16.3. The minimum atomic E-state index is -3.33. The molecule has 0 aromatic carbocycles. The van der Waals surface area contributed by atoms with Crippen LogP contribution in [0, 0.1) is 5.92 Å². The van der Waals surface area contributed by atoms with Crippen molar-refractivity contribution in [3.63, 3.8) is 0 Å². The molecule has 4 rings (SSSR count). The highest BCUT2D eigenvalue weighted by molar-refractivity contribution is 7.88. The molecule has 0 bridgehead atoms. The first-order valence-corrected chi connectivity index (χ1v) is 12.0. The van der Waals surface area contributed by atoms with Crippen molar-refractivity contribution in [2.45, 2.75) is 57.4 Å². The molecule has 1 unspecified atom stereocenters. The van der Waals surface area contributed by atoms with E-state index < -0.39 is 10.0 Å². The molecular weight excluding hydrogens is 380 g/mol. The molecule has 2 aliphatic heterocycles. The largest absolute Gasteiger partial charge is 0.342 e. The van der Waals surface area contributed by atoms with Gasteiger partial charge in [-0.05, 0) is 19.3 Å². The minimum absolute atomic E-state index is 0.0403. The molecule has 154 valence electrons. The highest BCUT2D eigenvalue weighted by Gasteiger charge is 2.34. The lowest BCUT2D eigenvalue weighted by atomic mass is 9.88. The van der Waals surface area contributed by atoms with Crippen LogP contribution in [0.2, 0.25) is 0 Å². The lowest BCUT2D eigenvalue weighted by Crippen LogP contribution is -2.39. The fourth-order valence-corrected chi connectivity index (χ4v) is 5.47. The van der Waals surface area contributed by atoms with Gasteiger partial charge in [0.25, 0.3) is 5.56 Å². The summed E-state index contributed by atoms with van der Waals surface area (Å²) in [5.41, 5.74) is 0.870. The number of likely N-dealkylation sites (tertiary alicyclic amines) is 1. The molecule has 1 N–H and O–H groups in total. The number of amides is 1. The Morgan fingerprint density at radius 1 is 1.14 bits per heavy atom. The first-order valence-electron chi connectivity index (χ1n) is 10.2. The van der Waals surface area contributed by atoms with Crippen LogP contribution in [0.25, 0.3) is 0 Å². The molecule has 9 heteroatoms. The Morgan fingerprint density at radius 2 is 1.89 bits per heavy atom. The summed E-state index contributed by atoms with van der Waals surface area (Å²) >= 11 is 0. The zero-order chi connectivity index (χ0) is 19.9. The fraction of sp³-hybridized carbons (Fsp3) is 0.737. The number of hydrogen-bond donors (Lipinski definition) is 1. The summed E-state index contributed by atoms with van der Waals surface area (Å²) in [7, 11) is -3.33. The lowest BCUT2D eigenvalue weighted by Gasteiger charge is -2.27. The van der Waals surface area contributed by atoms with Crippen LogP contribution < -0.4 is 5.56 Å². The zero-order valence-corrected chi connectivity index (χ0v) is 17.1. The molecule has 0 radical (unpaired) electrons. The quantitative estimate of drug-likeness (QED) is 0.803. The number of carbonyl (C=O) groups excluding carboxylic acids is 1. The number of nitrogens with zero attached hydrogens (tertiary/aromatic N) is 3. The monoisotopic (exact) mass is 408 g/mol. The van der Waals surface area contributed by atoms with Gasteiger partial charge < -0.3 is 9.88 Å². The average Bonchev–Trinajstić information content (AvgIpc) is 3.17. The van der Waals surface area contributed by atoms with Gasteiger partial charge in [-0.25, -0.2) is 13.4 Å². The van der Waals surface area contributed by atoms with Gasteiger partial charge in [-0.15, -0.1) is 0 Å². The summed E-state index contributed by atoms with van der Waals surface area (Å²) in [5.74, 6) is 1.09. The summed E-state index contributed by atoms with van der Waals surface area (Å²) in [5, 5.41) is 0. The van der Waals surface area contributed by atoms with E-state index in [1.54, 1.807) is 0 Å². The maximum Gasteiger partial charge on any atom is 0.255 e. The predicted molar refractivity (Wildman–Crippen MR) is 104 cm³/mol. The normalized spacial score (nSPS) is 24.3. The van der Waals surface area contributed by atoms with Gasteiger partial charge in [0.2, 0.25) is 15.9 Å². The van der Waals surface area contributed by atoms with E-state index in [9.17, 15) is 18.0 Å². The molecule has 1 saturated heterocycles. The number of carbonyl (C=O) groups is 1. The maximum absolute atomic E-state index is 12.8. The molecule has 3 heterocycles. The van der Waals surface area contributed by atoms with E-state index in [1.807, 2.05) is 4.90 Å². The number of aromatic nitrogens is 2. The van der Waals surface area contributed by atoms with Gasteiger partial charge in [-0.1, -0.05) is 19.3 Å². The summed E-state index contributed by atoms with van der Waals surface area (Å²) in [4.78, 5) is 34.8. The Hall–Kier alpha value is -1.74. The summed E-state index contributed by atoms with van der Waals surface area (Å²) in [6, 6.07) is 0. The highest BCUT2D eigenvalue weighted by Crippen LogP contribution is 2.30. The van der Waals surface area contributed by atoms with Crippen molar-refractivity contribution >= 4 is 15.9 Å². The van der Waals surface area contributed by atoms with Crippen molar-refractivity contribution < 1.29 is 13.2 Å². The van der Waals surface area contributed by atoms with Gasteiger partial charge in [-0.3, -0.25) is 9.59 Å². The van der Waals surface area contributed by atoms with Gasteiger partial charge in [0.05, 0.1) is 17.5 Å². The molecule has 1 saturated carbocycles. The molecule has 0 spiro atoms. The van der Waals surface area contributed by atoms with Crippen LogP contribution in [0.1, 0.15) is 61.5 Å². The molecular formula is C19H28N4O4S. The summed E-state index contributed by atoms with van der Waals surface area (Å²) < 4.78 is 24.9. The molecule has 2 fully saturated rings. The number of hydrogen-bond acceptors (Lipinski definition) is 5. The first kappa shape index (κ1) is 19.6. The third-order valence-corrected chi connectivity index (χ3v) is 7.61. The van der Waals surface area contributed by atoms with E-state index >= 15 is 0 Å². The van der Waals surface area contributed by atoms with Crippen LogP contribution >= 0.6 is 0 Å². The van der Waals surface area contributed by atoms with Crippen LogP contribution in [0.3, 0.4) is 0 Å². The van der Waals surface area contributed by atoms with Crippen molar-refractivity contribution in [3.05, 3.63) is 27.4 Å². The van der Waals surface area contributed by atoms with Gasteiger partial charge in [0.15, 0.2) is 0 Å². The Balaban J connectivity index is 1.48. The standard InChI is InChI=1S/C19H28N4O4S/c1-28(26,27)23-10-8-16-15(12-23)18(24)21-17(20-16)14-7-9-22(11-14)19(25)13-5-3-2-4-6-13/h13-14H,2-12H2,1H3,(H,20,21,24). The van der Waals surface area contributed by atoms with Crippen LogP contribution in [0.4, 0.5) is 0 Å². The smallest absolute Gasteiger partial charge is 0.255 e. The average molecular weight is 409 g/mol. The summed E-state index contributed by atoms with van der Waals surface area (Å²) in [6.45, 7) is 1.74. The predicted octanol–water partition coefficient (Wildman–Crippen LogP) is 0.984. The molecule has 8 nitrogen and oxygen atoms in total. The number of sulfonamides is 1. The summed E-state index contributed by atoms with van der Waals surface area (Å²) in [6.07, 6.45) is 7.88. The highest BCUT2D eigenvalue weighted by atomic mass is 32.2. The van der Waals surface area contributed by atoms with Gasteiger partial charge in [0.1, 0.15) is 5.82 Å². The van der Waals surface area contributed by atoms with Crippen molar-refractivity contribution in [2.24, 2.45) is 5.92 Å². The number of aromatic amines is 1. The minimum Gasteiger partial charge on any atom is -0.342 e. The van der Waals surface area contributed by atoms with Crippen molar-refractivity contribution in [3.8, 4) is 0 Å². The van der Waals surface area contributed by atoms with Crippen LogP contribution in [-0.2, 0) is 27.8 Å². The Kier molecular flexibility index (Phi) is 5.30. The molecule has 1 atom stereocenters.